The van der Waals surface area contributed by atoms with E-state index in [1.165, 1.54) is 12.8 Å². The van der Waals surface area contributed by atoms with Gasteiger partial charge in [0.2, 0.25) is 0 Å². The van der Waals surface area contributed by atoms with Gasteiger partial charge >= 0.3 is 0 Å². The van der Waals surface area contributed by atoms with Gasteiger partial charge < -0.3 is 5.32 Å². The molecule has 1 aliphatic rings. The fraction of sp³-hybridized carbons (Fsp3) is 0.647. The van der Waals surface area contributed by atoms with Gasteiger partial charge in [-0.25, -0.2) is 4.39 Å². The monoisotopic (exact) mass is 356 g/mol. The molecule has 0 saturated carbocycles. The molecule has 0 amide bonds. The Morgan fingerprint density at radius 3 is 2.57 bits per heavy atom. The third-order valence-electron chi connectivity index (χ3n) is 4.84. The maximum Gasteiger partial charge on any atom is 0.128 e. The van der Waals surface area contributed by atoms with Gasteiger partial charge in [0.15, 0.2) is 0 Å². The normalized spacial score (nSPS) is 20.4. The number of hydrogen-bond acceptors (Lipinski definition) is 2. The van der Waals surface area contributed by atoms with Gasteiger partial charge in [0.25, 0.3) is 0 Å². The lowest BCUT2D eigenvalue weighted by atomic mass is 9.82. The molecule has 2 rings (SSSR count). The summed E-state index contributed by atoms with van der Waals surface area (Å²) < 4.78 is 15.3. The molecule has 1 aromatic rings. The van der Waals surface area contributed by atoms with E-state index >= 15 is 0 Å². The Labute approximate surface area is 136 Å². The average molecular weight is 357 g/mol. The van der Waals surface area contributed by atoms with Gasteiger partial charge in [0.1, 0.15) is 5.82 Å². The van der Waals surface area contributed by atoms with Crippen LogP contribution < -0.4 is 5.32 Å². The number of halogens is 2. The summed E-state index contributed by atoms with van der Waals surface area (Å²) in [5.74, 6) is -0.122. The molecule has 2 unspecified atom stereocenters. The summed E-state index contributed by atoms with van der Waals surface area (Å²) in [7, 11) is 0. The smallest absolute Gasteiger partial charge is 0.128 e. The van der Waals surface area contributed by atoms with Crippen LogP contribution in [0.1, 0.15) is 51.6 Å². The van der Waals surface area contributed by atoms with Crippen molar-refractivity contribution in [1.82, 2.24) is 10.2 Å². The molecule has 0 radical (unpaired) electrons. The lowest BCUT2D eigenvalue weighted by Crippen LogP contribution is -2.53. The summed E-state index contributed by atoms with van der Waals surface area (Å²) in [4.78, 5) is 2.53. The Bertz CT molecular complexity index is 474. The van der Waals surface area contributed by atoms with Crippen LogP contribution in [-0.4, -0.2) is 30.1 Å². The van der Waals surface area contributed by atoms with Crippen LogP contribution >= 0.6 is 15.9 Å². The van der Waals surface area contributed by atoms with Crippen molar-refractivity contribution >= 4 is 15.9 Å². The van der Waals surface area contributed by atoms with Gasteiger partial charge in [-0.15, -0.1) is 0 Å². The second-order valence-electron chi connectivity index (χ2n) is 6.06. The first kappa shape index (κ1) is 16.9. The van der Waals surface area contributed by atoms with E-state index in [9.17, 15) is 4.39 Å². The molecule has 1 N–H and O–H groups in total. The first-order valence-corrected chi connectivity index (χ1v) is 8.75. The maximum atomic E-state index is 14.4. The van der Waals surface area contributed by atoms with Gasteiger partial charge in [-0.3, -0.25) is 4.90 Å². The zero-order valence-corrected chi connectivity index (χ0v) is 14.8. The van der Waals surface area contributed by atoms with Crippen LogP contribution in [-0.2, 0) is 0 Å². The summed E-state index contributed by atoms with van der Waals surface area (Å²) in [5.41, 5.74) is 0.705. The second kappa shape index (κ2) is 7.21. The number of nitrogens with zero attached hydrogens (tertiary/aromatic N) is 1. The number of hydrogen-bond donors (Lipinski definition) is 1. The minimum Gasteiger partial charge on any atom is -0.309 e. The molecule has 1 fully saturated rings. The standard InChI is InChI=1S/C17H26BrFN2/c1-4-17(3,21-10-6-7-11-21)16(20-5-2)14-12-13(18)8-9-15(14)19/h8-9,12,16,20H,4-7,10-11H2,1-3H3. The molecule has 1 aliphatic heterocycles. The molecule has 2 nitrogen and oxygen atoms in total. The van der Waals surface area contributed by atoms with Crippen LogP contribution in [0.4, 0.5) is 4.39 Å². The summed E-state index contributed by atoms with van der Waals surface area (Å²) >= 11 is 3.48. The molecule has 1 saturated heterocycles. The molecule has 0 spiro atoms. The fourth-order valence-electron chi connectivity index (χ4n) is 3.44. The zero-order chi connectivity index (χ0) is 15.5. The molecule has 0 bridgehead atoms. The third-order valence-corrected chi connectivity index (χ3v) is 5.34. The van der Waals surface area contributed by atoms with Crippen molar-refractivity contribution in [2.45, 2.75) is 51.6 Å². The van der Waals surface area contributed by atoms with Crippen molar-refractivity contribution in [3.8, 4) is 0 Å². The van der Waals surface area contributed by atoms with Gasteiger partial charge in [-0.1, -0.05) is 29.8 Å². The first-order valence-electron chi connectivity index (χ1n) is 7.96. The van der Waals surface area contributed by atoms with E-state index in [2.05, 4.69) is 46.9 Å². The summed E-state index contributed by atoms with van der Waals surface area (Å²) in [6.07, 6.45) is 3.49. The summed E-state index contributed by atoms with van der Waals surface area (Å²) in [6, 6.07) is 5.25. The largest absolute Gasteiger partial charge is 0.309 e. The predicted molar refractivity (Wildman–Crippen MR) is 90.0 cm³/mol. The van der Waals surface area contributed by atoms with Crippen molar-refractivity contribution < 1.29 is 4.39 Å². The van der Waals surface area contributed by atoms with Crippen molar-refractivity contribution in [1.29, 1.82) is 0 Å². The molecule has 4 heteroatoms. The van der Waals surface area contributed by atoms with E-state index in [1.807, 2.05) is 6.07 Å². The van der Waals surface area contributed by atoms with Gasteiger partial charge in [-0.2, -0.15) is 0 Å². The van der Waals surface area contributed by atoms with E-state index in [0.717, 1.165) is 36.1 Å². The van der Waals surface area contributed by atoms with Crippen molar-refractivity contribution in [2.75, 3.05) is 19.6 Å². The first-order chi connectivity index (χ1) is 10.0. The molecular formula is C17H26BrFN2. The highest BCUT2D eigenvalue weighted by molar-refractivity contribution is 9.10. The molecule has 1 aromatic carbocycles. The molecule has 0 aromatic heterocycles. The van der Waals surface area contributed by atoms with Crippen LogP contribution in [0, 0.1) is 5.82 Å². The molecule has 2 atom stereocenters. The van der Waals surface area contributed by atoms with E-state index in [4.69, 9.17) is 0 Å². The van der Waals surface area contributed by atoms with E-state index in [0.29, 0.717) is 0 Å². The number of likely N-dealkylation sites (tertiary alicyclic amines) is 1. The fourth-order valence-corrected chi connectivity index (χ4v) is 3.82. The third kappa shape index (κ3) is 3.49. The Kier molecular flexibility index (Phi) is 5.81. The minimum absolute atomic E-state index is 0.00287. The minimum atomic E-state index is -0.122. The lowest BCUT2D eigenvalue weighted by molar-refractivity contribution is 0.0831. The molecule has 118 valence electrons. The zero-order valence-electron chi connectivity index (χ0n) is 13.3. The molecule has 21 heavy (non-hydrogen) atoms. The number of likely N-dealkylation sites (N-methyl/N-ethyl adjacent to an activating group) is 1. The van der Waals surface area contributed by atoms with Crippen LogP contribution in [0.15, 0.2) is 22.7 Å². The Morgan fingerprint density at radius 1 is 1.33 bits per heavy atom. The van der Waals surface area contributed by atoms with Crippen LogP contribution in [0.25, 0.3) is 0 Å². The predicted octanol–water partition coefficient (Wildman–Crippen LogP) is 4.50. The van der Waals surface area contributed by atoms with Crippen molar-refractivity contribution in [3.05, 3.63) is 34.1 Å². The van der Waals surface area contributed by atoms with Crippen LogP contribution in [0.3, 0.4) is 0 Å². The lowest BCUT2D eigenvalue weighted by Gasteiger charge is -2.45. The summed E-state index contributed by atoms with van der Waals surface area (Å²) in [5, 5.41) is 3.53. The van der Waals surface area contributed by atoms with E-state index < -0.39 is 0 Å². The van der Waals surface area contributed by atoms with Crippen LogP contribution in [0.2, 0.25) is 0 Å². The number of benzene rings is 1. The highest BCUT2D eigenvalue weighted by Crippen LogP contribution is 2.38. The van der Waals surface area contributed by atoms with Gasteiger partial charge in [0.05, 0.1) is 6.04 Å². The molecule has 0 aliphatic carbocycles. The Morgan fingerprint density at radius 2 is 2.00 bits per heavy atom. The second-order valence-corrected chi connectivity index (χ2v) is 6.98. The highest BCUT2D eigenvalue weighted by Gasteiger charge is 2.40. The van der Waals surface area contributed by atoms with E-state index in [-0.39, 0.29) is 17.4 Å². The highest BCUT2D eigenvalue weighted by atomic mass is 79.9. The summed E-state index contributed by atoms with van der Waals surface area (Å²) in [6.45, 7) is 9.62. The van der Waals surface area contributed by atoms with E-state index in [1.54, 1.807) is 12.1 Å². The molecule has 1 heterocycles. The number of rotatable bonds is 6. The average Bonchev–Trinajstić information content (AvgIpc) is 3.01. The maximum absolute atomic E-state index is 14.4. The van der Waals surface area contributed by atoms with Crippen LogP contribution in [0.5, 0.6) is 0 Å². The Hall–Kier alpha value is -0.450. The van der Waals surface area contributed by atoms with Crippen molar-refractivity contribution in [2.24, 2.45) is 0 Å². The van der Waals surface area contributed by atoms with Gasteiger partial charge in [0, 0.05) is 15.6 Å². The Balaban J connectivity index is 2.42. The molecular weight excluding hydrogens is 331 g/mol. The quantitative estimate of drug-likeness (QED) is 0.806. The topological polar surface area (TPSA) is 15.3 Å². The number of nitrogens with one attached hydrogen (secondary N) is 1. The van der Waals surface area contributed by atoms with Gasteiger partial charge in [-0.05, 0) is 64.0 Å². The van der Waals surface area contributed by atoms with Crippen molar-refractivity contribution in [3.63, 3.8) is 0 Å². The SMILES string of the molecule is CCNC(c1cc(Br)ccc1F)C(C)(CC)N1CCCC1.